The number of aromatic amines is 1. The number of fused-ring (bicyclic) bond motifs is 1. The Morgan fingerprint density at radius 1 is 1.22 bits per heavy atom. The van der Waals surface area contributed by atoms with E-state index in [1.807, 2.05) is 12.1 Å². The second kappa shape index (κ2) is 3.69. The van der Waals surface area contributed by atoms with Gasteiger partial charge in [0, 0.05) is 27.5 Å². The highest BCUT2D eigenvalue weighted by atomic mass is 32.1. The molecule has 0 amide bonds. The predicted molar refractivity (Wildman–Crippen MR) is 73.5 cm³/mol. The lowest BCUT2D eigenvalue weighted by molar-refractivity contribution is 0.613. The van der Waals surface area contributed by atoms with E-state index in [0.717, 1.165) is 35.0 Å². The van der Waals surface area contributed by atoms with Gasteiger partial charge in [0.05, 0.1) is 0 Å². The molecule has 1 aliphatic carbocycles. The SMILES string of the molecule is Fc1cc2cc(-c3ccsc3)[nH]c2cc1C1CC1. The molecule has 3 heteroatoms. The number of hydrogen-bond acceptors (Lipinski definition) is 1. The van der Waals surface area contributed by atoms with Gasteiger partial charge in [0.25, 0.3) is 0 Å². The molecule has 0 unspecified atom stereocenters. The zero-order valence-electron chi connectivity index (χ0n) is 9.74. The van der Waals surface area contributed by atoms with Gasteiger partial charge in [-0.1, -0.05) is 0 Å². The van der Waals surface area contributed by atoms with Crippen LogP contribution in [0, 0.1) is 5.82 Å². The van der Waals surface area contributed by atoms with Crippen molar-refractivity contribution in [2.75, 3.05) is 0 Å². The van der Waals surface area contributed by atoms with Crippen LogP contribution < -0.4 is 0 Å². The second-order valence-corrected chi connectivity index (χ2v) is 5.71. The molecule has 2 aromatic heterocycles. The molecular weight excluding hydrogens is 245 g/mol. The van der Waals surface area contributed by atoms with E-state index in [9.17, 15) is 4.39 Å². The molecule has 0 bridgehead atoms. The first-order valence-electron chi connectivity index (χ1n) is 6.16. The van der Waals surface area contributed by atoms with Gasteiger partial charge in [-0.25, -0.2) is 4.39 Å². The van der Waals surface area contributed by atoms with Crippen LogP contribution in [0.5, 0.6) is 0 Å². The van der Waals surface area contributed by atoms with E-state index in [0.29, 0.717) is 5.92 Å². The Labute approximate surface area is 108 Å². The first kappa shape index (κ1) is 10.3. The fourth-order valence-corrected chi connectivity index (χ4v) is 3.11. The van der Waals surface area contributed by atoms with Crippen molar-refractivity contribution in [2.24, 2.45) is 0 Å². The van der Waals surface area contributed by atoms with Gasteiger partial charge in [-0.15, -0.1) is 0 Å². The molecule has 90 valence electrons. The molecule has 0 aliphatic heterocycles. The Morgan fingerprint density at radius 3 is 2.83 bits per heavy atom. The summed E-state index contributed by atoms with van der Waals surface area (Å²) in [6, 6.07) is 7.75. The topological polar surface area (TPSA) is 15.8 Å². The van der Waals surface area contributed by atoms with Crippen molar-refractivity contribution in [1.82, 2.24) is 4.98 Å². The van der Waals surface area contributed by atoms with Crippen LogP contribution in [-0.4, -0.2) is 4.98 Å². The lowest BCUT2D eigenvalue weighted by Gasteiger charge is -2.00. The molecular formula is C15H12FNS. The largest absolute Gasteiger partial charge is 0.354 e. The number of H-pyrrole nitrogens is 1. The average Bonchev–Trinajstić information content (AvgIpc) is 2.91. The third kappa shape index (κ3) is 1.58. The van der Waals surface area contributed by atoms with Crippen molar-refractivity contribution < 1.29 is 4.39 Å². The molecule has 1 aliphatic rings. The molecule has 1 N–H and O–H groups in total. The summed E-state index contributed by atoms with van der Waals surface area (Å²) in [5.74, 6) is 0.392. The maximum absolute atomic E-state index is 14.0. The Kier molecular flexibility index (Phi) is 2.12. The minimum Gasteiger partial charge on any atom is -0.354 e. The second-order valence-electron chi connectivity index (χ2n) is 4.93. The molecule has 1 aromatic carbocycles. The third-order valence-corrected chi connectivity index (χ3v) is 4.27. The molecule has 4 rings (SSSR count). The van der Waals surface area contributed by atoms with E-state index in [2.05, 4.69) is 21.8 Å². The summed E-state index contributed by atoms with van der Waals surface area (Å²) < 4.78 is 14.0. The summed E-state index contributed by atoms with van der Waals surface area (Å²) in [7, 11) is 0. The van der Waals surface area contributed by atoms with Crippen molar-refractivity contribution in [1.29, 1.82) is 0 Å². The minimum absolute atomic E-state index is 0.0548. The summed E-state index contributed by atoms with van der Waals surface area (Å²) in [5, 5.41) is 5.11. The van der Waals surface area contributed by atoms with E-state index < -0.39 is 0 Å². The van der Waals surface area contributed by atoms with Crippen molar-refractivity contribution in [2.45, 2.75) is 18.8 Å². The molecule has 18 heavy (non-hydrogen) atoms. The van der Waals surface area contributed by atoms with E-state index in [1.54, 1.807) is 17.4 Å². The van der Waals surface area contributed by atoms with E-state index in [-0.39, 0.29) is 5.82 Å². The van der Waals surface area contributed by atoms with Crippen molar-refractivity contribution in [3.05, 3.63) is 46.4 Å². The fourth-order valence-electron chi connectivity index (χ4n) is 2.45. The molecule has 0 atom stereocenters. The van der Waals surface area contributed by atoms with Crippen LogP contribution in [0.15, 0.2) is 35.0 Å². The van der Waals surface area contributed by atoms with Gasteiger partial charge >= 0.3 is 0 Å². The molecule has 3 aromatic rings. The van der Waals surface area contributed by atoms with Gasteiger partial charge in [0.15, 0.2) is 0 Å². The highest BCUT2D eigenvalue weighted by Crippen LogP contribution is 2.42. The van der Waals surface area contributed by atoms with Gasteiger partial charge in [-0.05, 0) is 54.0 Å². The van der Waals surface area contributed by atoms with Gasteiger partial charge in [-0.2, -0.15) is 11.3 Å². The number of halogens is 1. The van der Waals surface area contributed by atoms with Crippen LogP contribution >= 0.6 is 11.3 Å². The molecule has 0 radical (unpaired) electrons. The summed E-state index contributed by atoms with van der Waals surface area (Å²) >= 11 is 1.67. The van der Waals surface area contributed by atoms with Crippen LogP contribution in [0.1, 0.15) is 24.3 Å². The Bertz CT molecular complexity index is 708. The average molecular weight is 257 g/mol. The Morgan fingerprint density at radius 2 is 2.11 bits per heavy atom. The molecule has 1 nitrogen and oxygen atoms in total. The van der Waals surface area contributed by atoms with Crippen LogP contribution in [0.4, 0.5) is 4.39 Å². The lowest BCUT2D eigenvalue weighted by Crippen LogP contribution is -1.86. The maximum atomic E-state index is 14.0. The van der Waals surface area contributed by atoms with E-state index in [4.69, 9.17) is 0 Å². The number of benzene rings is 1. The van der Waals surface area contributed by atoms with Crippen LogP contribution in [-0.2, 0) is 0 Å². The van der Waals surface area contributed by atoms with Crippen LogP contribution in [0.25, 0.3) is 22.2 Å². The standard InChI is InChI=1S/C15H12FNS/c16-13-5-11-6-14(10-3-4-18-8-10)17-15(11)7-12(13)9-1-2-9/h3-9,17H,1-2H2. The molecule has 0 spiro atoms. The summed E-state index contributed by atoms with van der Waals surface area (Å²) in [6.45, 7) is 0. The van der Waals surface area contributed by atoms with Crippen LogP contribution in [0.2, 0.25) is 0 Å². The summed E-state index contributed by atoms with van der Waals surface area (Å²) in [5.41, 5.74) is 4.16. The lowest BCUT2D eigenvalue weighted by atomic mass is 10.1. The normalized spacial score (nSPS) is 15.4. The first-order valence-corrected chi connectivity index (χ1v) is 7.10. The maximum Gasteiger partial charge on any atom is 0.127 e. The molecule has 2 heterocycles. The van der Waals surface area contributed by atoms with Gasteiger partial charge in [0.2, 0.25) is 0 Å². The molecule has 1 saturated carbocycles. The van der Waals surface area contributed by atoms with Crippen molar-refractivity contribution >= 4 is 22.2 Å². The first-order chi connectivity index (χ1) is 8.81. The number of aromatic nitrogens is 1. The third-order valence-electron chi connectivity index (χ3n) is 3.59. The van der Waals surface area contributed by atoms with Gasteiger partial charge in [0.1, 0.15) is 5.82 Å². The van der Waals surface area contributed by atoms with Gasteiger partial charge in [-0.3, -0.25) is 0 Å². The minimum atomic E-state index is -0.0548. The summed E-state index contributed by atoms with van der Waals surface area (Å²) in [6.07, 6.45) is 2.25. The van der Waals surface area contributed by atoms with Crippen molar-refractivity contribution in [3.8, 4) is 11.3 Å². The number of rotatable bonds is 2. The molecule has 0 saturated heterocycles. The molecule has 1 fully saturated rings. The number of nitrogens with one attached hydrogen (secondary N) is 1. The van der Waals surface area contributed by atoms with Crippen molar-refractivity contribution in [3.63, 3.8) is 0 Å². The quantitative estimate of drug-likeness (QED) is 0.671. The Balaban J connectivity index is 1.89. The highest BCUT2D eigenvalue weighted by Gasteiger charge is 2.27. The monoisotopic (exact) mass is 257 g/mol. The zero-order chi connectivity index (χ0) is 12.1. The summed E-state index contributed by atoms with van der Waals surface area (Å²) in [4.78, 5) is 3.39. The van der Waals surface area contributed by atoms with E-state index in [1.165, 1.54) is 5.56 Å². The Hall–Kier alpha value is -1.61. The smallest absolute Gasteiger partial charge is 0.127 e. The number of hydrogen-bond donors (Lipinski definition) is 1. The van der Waals surface area contributed by atoms with E-state index >= 15 is 0 Å². The van der Waals surface area contributed by atoms with Crippen LogP contribution in [0.3, 0.4) is 0 Å². The van der Waals surface area contributed by atoms with Gasteiger partial charge < -0.3 is 4.98 Å². The number of thiophene rings is 1. The predicted octanol–water partition coefficient (Wildman–Crippen LogP) is 4.91. The zero-order valence-corrected chi connectivity index (χ0v) is 10.6. The highest BCUT2D eigenvalue weighted by molar-refractivity contribution is 7.08. The fraction of sp³-hybridized carbons (Fsp3) is 0.200.